The molecule has 1 aliphatic heterocycles. The summed E-state index contributed by atoms with van der Waals surface area (Å²) in [6.07, 6.45) is 2.51. The third kappa shape index (κ3) is 3.08. The molecule has 2 atom stereocenters. The van der Waals surface area contributed by atoms with E-state index in [1.54, 1.807) is 11.2 Å². The normalized spacial score (nSPS) is 22.0. The van der Waals surface area contributed by atoms with Crippen LogP contribution in [0.2, 0.25) is 0 Å². The Hall–Kier alpha value is -0.420. The van der Waals surface area contributed by atoms with Crippen molar-refractivity contribution in [2.24, 2.45) is 0 Å². The van der Waals surface area contributed by atoms with Gasteiger partial charge in [-0.2, -0.15) is 0 Å². The van der Waals surface area contributed by atoms with Crippen molar-refractivity contribution in [1.29, 1.82) is 0 Å². The fraction of sp³-hybridized carbons (Fsp3) is 0.875. The first-order valence-electron chi connectivity index (χ1n) is 4.41. The van der Waals surface area contributed by atoms with Crippen molar-refractivity contribution in [3.05, 3.63) is 0 Å². The van der Waals surface area contributed by atoms with Crippen molar-refractivity contribution in [2.75, 3.05) is 25.2 Å². The molecule has 1 N–H and O–H groups in total. The van der Waals surface area contributed by atoms with E-state index in [0.717, 1.165) is 6.42 Å². The van der Waals surface area contributed by atoms with Crippen LogP contribution in [0, 0.1) is 0 Å². The molecule has 1 fully saturated rings. The lowest BCUT2D eigenvalue weighted by molar-refractivity contribution is -0.128. The fourth-order valence-corrected chi connectivity index (χ4v) is 2.04. The summed E-state index contributed by atoms with van der Waals surface area (Å²) in [6.45, 7) is 3.08. The Morgan fingerprint density at radius 2 is 2.38 bits per heavy atom. The number of hydrogen-bond acceptors (Lipinski definition) is 3. The Kier molecular flexibility index (Phi) is 3.87. The van der Waals surface area contributed by atoms with Gasteiger partial charge in [0.25, 0.3) is 0 Å². The molecule has 0 aromatic carbocycles. The van der Waals surface area contributed by atoms with Crippen molar-refractivity contribution < 1.29 is 9.00 Å². The monoisotopic (exact) mass is 204 g/mol. The lowest BCUT2D eigenvalue weighted by atomic mass is 10.2. The third-order valence-corrected chi connectivity index (χ3v) is 3.04. The van der Waals surface area contributed by atoms with Gasteiger partial charge < -0.3 is 4.90 Å². The van der Waals surface area contributed by atoms with E-state index < -0.39 is 10.8 Å². The second kappa shape index (κ2) is 4.72. The average molecular weight is 204 g/mol. The van der Waals surface area contributed by atoms with Crippen LogP contribution in [0.5, 0.6) is 0 Å². The summed E-state index contributed by atoms with van der Waals surface area (Å²) in [7, 11) is -0.756. The molecule has 4 nitrogen and oxygen atoms in total. The van der Waals surface area contributed by atoms with Gasteiger partial charge in [-0.1, -0.05) is 0 Å². The molecule has 76 valence electrons. The summed E-state index contributed by atoms with van der Waals surface area (Å²) in [6, 6.07) is 0.200. The van der Waals surface area contributed by atoms with Gasteiger partial charge in [0.1, 0.15) is 0 Å². The fourth-order valence-electron chi connectivity index (χ4n) is 1.37. The predicted octanol–water partition coefficient (Wildman–Crippen LogP) is -0.467. The second-order valence-electron chi connectivity index (χ2n) is 3.36. The Bertz CT molecular complexity index is 220. The van der Waals surface area contributed by atoms with E-state index in [-0.39, 0.29) is 11.9 Å². The van der Waals surface area contributed by atoms with E-state index in [9.17, 15) is 9.00 Å². The predicted molar refractivity (Wildman–Crippen MR) is 52.7 cm³/mol. The number of carbonyl (C=O) groups is 1. The molecule has 0 aliphatic carbocycles. The molecule has 0 aromatic rings. The molecule has 0 aromatic heterocycles. The van der Waals surface area contributed by atoms with E-state index in [4.69, 9.17) is 0 Å². The number of hydrogen-bond donors (Lipinski definition) is 1. The number of rotatable bonds is 4. The SMILES string of the molecule is CC(CCS(C)=O)N1CNCC1=O. The smallest absolute Gasteiger partial charge is 0.237 e. The summed E-state index contributed by atoms with van der Waals surface area (Å²) in [4.78, 5) is 13.0. The van der Waals surface area contributed by atoms with Gasteiger partial charge in [0.2, 0.25) is 5.91 Å². The summed E-state index contributed by atoms with van der Waals surface area (Å²) in [5.74, 6) is 0.819. The van der Waals surface area contributed by atoms with E-state index >= 15 is 0 Å². The molecule has 5 heteroatoms. The van der Waals surface area contributed by atoms with Gasteiger partial charge in [0.05, 0.1) is 13.2 Å². The zero-order valence-corrected chi connectivity index (χ0v) is 8.89. The summed E-state index contributed by atoms with van der Waals surface area (Å²) < 4.78 is 10.8. The molecule has 1 aliphatic rings. The standard InChI is InChI=1S/C8H16N2O2S/c1-7(3-4-13(2)12)10-6-9-5-8(10)11/h7,9H,3-6H2,1-2H3. The maximum absolute atomic E-state index is 11.2. The van der Waals surface area contributed by atoms with E-state index in [2.05, 4.69) is 5.32 Å². The highest BCUT2D eigenvalue weighted by Gasteiger charge is 2.24. The highest BCUT2D eigenvalue weighted by molar-refractivity contribution is 7.84. The van der Waals surface area contributed by atoms with Crippen LogP contribution in [0.3, 0.4) is 0 Å². The Balaban J connectivity index is 2.34. The number of nitrogens with zero attached hydrogens (tertiary/aromatic N) is 1. The number of amides is 1. The molecule has 0 bridgehead atoms. The molecular weight excluding hydrogens is 188 g/mol. The van der Waals surface area contributed by atoms with Gasteiger partial charge >= 0.3 is 0 Å². The second-order valence-corrected chi connectivity index (χ2v) is 4.92. The minimum Gasteiger partial charge on any atom is -0.326 e. The number of carbonyl (C=O) groups excluding carboxylic acids is 1. The van der Waals surface area contributed by atoms with E-state index in [0.29, 0.717) is 19.0 Å². The largest absolute Gasteiger partial charge is 0.326 e. The van der Waals surface area contributed by atoms with Crippen molar-refractivity contribution in [1.82, 2.24) is 10.2 Å². The van der Waals surface area contributed by atoms with Crippen LogP contribution in [0.1, 0.15) is 13.3 Å². The van der Waals surface area contributed by atoms with Gasteiger partial charge in [0.15, 0.2) is 0 Å². The van der Waals surface area contributed by atoms with Gasteiger partial charge in [-0.05, 0) is 13.3 Å². The zero-order chi connectivity index (χ0) is 9.84. The van der Waals surface area contributed by atoms with Crippen molar-refractivity contribution in [3.63, 3.8) is 0 Å². The molecule has 13 heavy (non-hydrogen) atoms. The van der Waals surface area contributed by atoms with Gasteiger partial charge in [-0.25, -0.2) is 0 Å². The highest BCUT2D eigenvalue weighted by Crippen LogP contribution is 2.06. The van der Waals surface area contributed by atoms with E-state index in [1.807, 2.05) is 6.92 Å². The molecule has 1 rings (SSSR count). The van der Waals surface area contributed by atoms with Crippen LogP contribution >= 0.6 is 0 Å². The van der Waals surface area contributed by atoms with Crippen LogP contribution in [-0.4, -0.2) is 46.3 Å². The maximum atomic E-state index is 11.2. The molecule has 0 spiro atoms. The molecular formula is C8H16N2O2S. The van der Waals surface area contributed by atoms with Crippen LogP contribution < -0.4 is 5.32 Å². The van der Waals surface area contributed by atoms with Crippen LogP contribution in [0.4, 0.5) is 0 Å². The summed E-state index contributed by atoms with van der Waals surface area (Å²) in [5, 5.41) is 2.99. The lowest BCUT2D eigenvalue weighted by Gasteiger charge is -2.22. The minimum absolute atomic E-state index is 0.148. The van der Waals surface area contributed by atoms with Gasteiger partial charge in [-0.3, -0.25) is 14.3 Å². The lowest BCUT2D eigenvalue weighted by Crippen LogP contribution is -2.36. The topological polar surface area (TPSA) is 49.4 Å². The quantitative estimate of drug-likeness (QED) is 0.673. The molecule has 0 radical (unpaired) electrons. The highest BCUT2D eigenvalue weighted by atomic mass is 32.2. The molecule has 2 unspecified atom stereocenters. The molecule has 1 amide bonds. The van der Waals surface area contributed by atoms with Crippen LogP contribution in [0.15, 0.2) is 0 Å². The Morgan fingerprint density at radius 3 is 2.85 bits per heavy atom. The molecule has 1 heterocycles. The third-order valence-electron chi connectivity index (χ3n) is 2.23. The van der Waals surface area contributed by atoms with Crippen LogP contribution in [0.25, 0.3) is 0 Å². The number of nitrogens with one attached hydrogen (secondary N) is 1. The average Bonchev–Trinajstić information content (AvgIpc) is 2.47. The molecule has 0 saturated carbocycles. The van der Waals surface area contributed by atoms with Crippen LogP contribution in [-0.2, 0) is 15.6 Å². The van der Waals surface area contributed by atoms with Gasteiger partial charge in [0, 0.05) is 28.9 Å². The first-order chi connectivity index (χ1) is 6.11. The van der Waals surface area contributed by atoms with Crippen molar-refractivity contribution in [2.45, 2.75) is 19.4 Å². The van der Waals surface area contributed by atoms with Crippen molar-refractivity contribution in [3.8, 4) is 0 Å². The Labute approximate surface area is 81.1 Å². The first kappa shape index (κ1) is 10.7. The molecule has 1 saturated heterocycles. The summed E-state index contributed by atoms with van der Waals surface area (Å²) in [5.41, 5.74) is 0. The van der Waals surface area contributed by atoms with Gasteiger partial charge in [-0.15, -0.1) is 0 Å². The Morgan fingerprint density at radius 1 is 1.69 bits per heavy atom. The van der Waals surface area contributed by atoms with Crippen molar-refractivity contribution >= 4 is 16.7 Å². The van der Waals surface area contributed by atoms with E-state index in [1.165, 1.54) is 0 Å². The maximum Gasteiger partial charge on any atom is 0.237 e. The summed E-state index contributed by atoms with van der Waals surface area (Å²) >= 11 is 0. The zero-order valence-electron chi connectivity index (χ0n) is 8.08. The minimum atomic E-state index is -0.756. The first-order valence-corrected chi connectivity index (χ1v) is 6.14.